The van der Waals surface area contributed by atoms with E-state index >= 15 is 0 Å². The number of anilines is 2. The Balaban J connectivity index is 2.21. The predicted molar refractivity (Wildman–Crippen MR) is 73.2 cm³/mol. The first-order valence-corrected chi connectivity index (χ1v) is 6.30. The lowest BCUT2D eigenvalue weighted by Gasteiger charge is -2.23. The summed E-state index contributed by atoms with van der Waals surface area (Å²) in [5.41, 5.74) is 2.22. The van der Waals surface area contributed by atoms with Gasteiger partial charge in [-0.05, 0) is 31.5 Å². The number of hydrogen-bond acceptors (Lipinski definition) is 3. The minimum Gasteiger partial charge on any atom is -0.378 e. The lowest BCUT2D eigenvalue weighted by Crippen LogP contribution is -2.27. The molecular formula is C13H19ClN2O. The van der Waals surface area contributed by atoms with Crippen molar-refractivity contribution in [2.75, 3.05) is 30.9 Å². The van der Waals surface area contributed by atoms with Crippen molar-refractivity contribution in [2.24, 2.45) is 0 Å². The van der Waals surface area contributed by atoms with E-state index in [9.17, 15) is 0 Å². The molecule has 1 fully saturated rings. The number of ether oxygens (including phenoxy) is 1. The Kier molecular flexibility index (Phi) is 3.79. The molecule has 1 heterocycles. The van der Waals surface area contributed by atoms with Gasteiger partial charge >= 0.3 is 0 Å². The van der Waals surface area contributed by atoms with Gasteiger partial charge in [0.2, 0.25) is 0 Å². The number of rotatable bonds is 3. The Hall–Kier alpha value is -0.930. The summed E-state index contributed by atoms with van der Waals surface area (Å²) < 4.78 is 5.56. The maximum Gasteiger partial charge on any atom is 0.0748 e. The van der Waals surface area contributed by atoms with Gasteiger partial charge in [0.15, 0.2) is 0 Å². The predicted octanol–water partition coefficient (Wildman–Crippen LogP) is 3.00. The fraction of sp³-hybridized carbons (Fsp3) is 0.538. The van der Waals surface area contributed by atoms with Gasteiger partial charge in [-0.25, -0.2) is 0 Å². The van der Waals surface area contributed by atoms with E-state index in [0.29, 0.717) is 6.04 Å². The monoisotopic (exact) mass is 254 g/mol. The third kappa shape index (κ3) is 2.85. The van der Waals surface area contributed by atoms with Crippen molar-refractivity contribution in [1.29, 1.82) is 0 Å². The molecule has 0 amide bonds. The maximum absolute atomic E-state index is 6.05. The van der Waals surface area contributed by atoms with Crippen molar-refractivity contribution in [2.45, 2.75) is 25.5 Å². The zero-order valence-corrected chi connectivity index (χ0v) is 11.3. The summed E-state index contributed by atoms with van der Waals surface area (Å²) in [4.78, 5) is 2.08. The van der Waals surface area contributed by atoms with Crippen LogP contribution in [0.4, 0.5) is 11.4 Å². The molecule has 1 aromatic rings. The van der Waals surface area contributed by atoms with Crippen LogP contribution in [-0.2, 0) is 4.74 Å². The van der Waals surface area contributed by atoms with Gasteiger partial charge in [-0.15, -0.1) is 0 Å². The van der Waals surface area contributed by atoms with Crippen molar-refractivity contribution in [3.63, 3.8) is 0 Å². The van der Waals surface area contributed by atoms with Crippen molar-refractivity contribution in [1.82, 2.24) is 0 Å². The average Bonchev–Trinajstić information content (AvgIpc) is 2.64. The summed E-state index contributed by atoms with van der Waals surface area (Å²) >= 11 is 6.05. The van der Waals surface area contributed by atoms with E-state index < -0.39 is 0 Å². The van der Waals surface area contributed by atoms with Gasteiger partial charge in [0, 0.05) is 25.7 Å². The lowest BCUT2D eigenvalue weighted by molar-refractivity contribution is 0.121. The summed E-state index contributed by atoms with van der Waals surface area (Å²) in [6.07, 6.45) is 1.30. The number of nitrogens with one attached hydrogen (secondary N) is 1. The van der Waals surface area contributed by atoms with E-state index in [1.54, 1.807) is 0 Å². The second kappa shape index (κ2) is 5.15. The Labute approximate surface area is 108 Å². The summed E-state index contributed by atoms with van der Waals surface area (Å²) in [6, 6.07) is 6.29. The fourth-order valence-corrected chi connectivity index (χ4v) is 2.31. The second-order valence-electron chi connectivity index (χ2n) is 4.67. The zero-order chi connectivity index (χ0) is 12.4. The quantitative estimate of drug-likeness (QED) is 0.898. The summed E-state index contributed by atoms with van der Waals surface area (Å²) in [6.45, 7) is 2.93. The number of hydrogen-bond donors (Lipinski definition) is 1. The molecule has 1 aliphatic rings. The van der Waals surface area contributed by atoms with Gasteiger partial charge < -0.3 is 15.0 Å². The highest BCUT2D eigenvalue weighted by molar-refractivity contribution is 6.31. The van der Waals surface area contributed by atoms with Crippen LogP contribution >= 0.6 is 11.6 Å². The fourth-order valence-electron chi connectivity index (χ4n) is 2.13. The molecule has 17 heavy (non-hydrogen) atoms. The Bertz CT molecular complexity index is 395. The van der Waals surface area contributed by atoms with Crippen LogP contribution in [0.25, 0.3) is 0 Å². The largest absolute Gasteiger partial charge is 0.378 e. The maximum atomic E-state index is 6.05. The molecule has 1 N–H and O–H groups in total. The van der Waals surface area contributed by atoms with Crippen molar-refractivity contribution in [3.8, 4) is 0 Å². The molecule has 94 valence electrons. The van der Waals surface area contributed by atoms with E-state index in [-0.39, 0.29) is 6.10 Å². The first-order valence-electron chi connectivity index (χ1n) is 5.93. The molecule has 0 spiro atoms. The standard InChI is InChI=1S/C13H19ClN2O/c1-9-11(6-7-17-9)15-12-8-10(14)4-5-13(12)16(2)3/h4-5,8-9,11,15H,6-7H2,1-3H3. The molecule has 1 aliphatic heterocycles. The van der Waals surface area contributed by atoms with E-state index in [1.807, 2.05) is 32.3 Å². The molecule has 2 unspecified atom stereocenters. The van der Waals surface area contributed by atoms with Gasteiger partial charge in [-0.2, -0.15) is 0 Å². The molecule has 0 radical (unpaired) electrons. The molecule has 3 nitrogen and oxygen atoms in total. The molecule has 0 aliphatic carbocycles. The molecule has 2 atom stereocenters. The SMILES string of the molecule is CC1OCCC1Nc1cc(Cl)ccc1N(C)C. The molecule has 0 bridgehead atoms. The normalized spacial score (nSPS) is 23.8. The van der Waals surface area contributed by atoms with Crippen molar-refractivity contribution in [3.05, 3.63) is 23.2 Å². The van der Waals surface area contributed by atoms with Gasteiger partial charge in [-0.1, -0.05) is 11.6 Å². The van der Waals surface area contributed by atoms with Crippen LogP contribution in [0.2, 0.25) is 5.02 Å². The van der Waals surface area contributed by atoms with Gasteiger partial charge in [0.1, 0.15) is 0 Å². The summed E-state index contributed by atoms with van der Waals surface area (Å²) in [5, 5.41) is 4.28. The molecule has 0 saturated carbocycles. The van der Waals surface area contributed by atoms with Crippen LogP contribution in [0.5, 0.6) is 0 Å². The topological polar surface area (TPSA) is 24.5 Å². The highest BCUT2D eigenvalue weighted by Crippen LogP contribution is 2.30. The zero-order valence-electron chi connectivity index (χ0n) is 10.5. The van der Waals surface area contributed by atoms with Crippen molar-refractivity contribution >= 4 is 23.0 Å². The molecule has 4 heteroatoms. The van der Waals surface area contributed by atoms with Crippen LogP contribution in [0, 0.1) is 0 Å². The van der Waals surface area contributed by atoms with Crippen LogP contribution in [-0.4, -0.2) is 32.8 Å². The van der Waals surface area contributed by atoms with Crippen LogP contribution < -0.4 is 10.2 Å². The number of benzene rings is 1. The Morgan fingerprint density at radius 1 is 1.41 bits per heavy atom. The first-order chi connectivity index (χ1) is 8.08. The second-order valence-corrected chi connectivity index (χ2v) is 5.11. The lowest BCUT2D eigenvalue weighted by atomic mass is 10.1. The first kappa shape index (κ1) is 12.5. The molecule has 1 aromatic carbocycles. The summed E-state index contributed by atoms with van der Waals surface area (Å²) in [7, 11) is 4.06. The minimum atomic E-state index is 0.254. The van der Waals surface area contributed by atoms with E-state index in [1.165, 1.54) is 0 Å². The van der Waals surface area contributed by atoms with Crippen LogP contribution in [0.1, 0.15) is 13.3 Å². The minimum absolute atomic E-state index is 0.254. The Morgan fingerprint density at radius 2 is 2.18 bits per heavy atom. The molecular weight excluding hydrogens is 236 g/mol. The highest BCUT2D eigenvalue weighted by Gasteiger charge is 2.24. The third-order valence-corrected chi connectivity index (χ3v) is 3.39. The van der Waals surface area contributed by atoms with Crippen LogP contribution in [0.15, 0.2) is 18.2 Å². The van der Waals surface area contributed by atoms with E-state index in [2.05, 4.69) is 17.1 Å². The van der Waals surface area contributed by atoms with Crippen LogP contribution in [0.3, 0.4) is 0 Å². The number of nitrogens with zero attached hydrogens (tertiary/aromatic N) is 1. The van der Waals surface area contributed by atoms with Gasteiger partial charge in [-0.3, -0.25) is 0 Å². The summed E-state index contributed by atoms with van der Waals surface area (Å²) in [5.74, 6) is 0. The molecule has 2 rings (SSSR count). The smallest absolute Gasteiger partial charge is 0.0748 e. The van der Waals surface area contributed by atoms with E-state index in [4.69, 9.17) is 16.3 Å². The highest BCUT2D eigenvalue weighted by atomic mass is 35.5. The average molecular weight is 255 g/mol. The third-order valence-electron chi connectivity index (χ3n) is 3.16. The number of halogens is 1. The van der Waals surface area contributed by atoms with Gasteiger partial charge in [0.05, 0.1) is 23.5 Å². The Morgan fingerprint density at radius 3 is 2.76 bits per heavy atom. The van der Waals surface area contributed by atoms with Crippen molar-refractivity contribution < 1.29 is 4.74 Å². The molecule has 0 aromatic heterocycles. The van der Waals surface area contributed by atoms with Gasteiger partial charge in [0.25, 0.3) is 0 Å². The van der Waals surface area contributed by atoms with E-state index in [0.717, 1.165) is 29.4 Å². The molecule has 1 saturated heterocycles.